The molecule has 27 heavy (non-hydrogen) atoms. The van der Waals surface area contributed by atoms with Crippen molar-refractivity contribution in [3.63, 3.8) is 0 Å². The first kappa shape index (κ1) is 18.8. The van der Waals surface area contributed by atoms with Crippen LogP contribution in [0, 0.1) is 5.82 Å². The normalized spacial score (nSPS) is 10.5. The lowest BCUT2D eigenvalue weighted by Crippen LogP contribution is -2.26. The second kappa shape index (κ2) is 8.64. The predicted octanol–water partition coefficient (Wildman–Crippen LogP) is 3.94. The molecule has 0 saturated heterocycles. The molecule has 1 N–H and O–H groups in total. The minimum Gasteiger partial charge on any atom is -0.496 e. The van der Waals surface area contributed by atoms with E-state index < -0.39 is 0 Å². The maximum atomic E-state index is 13.3. The van der Waals surface area contributed by atoms with E-state index in [1.54, 1.807) is 24.3 Å². The summed E-state index contributed by atoms with van der Waals surface area (Å²) in [4.78, 5) is 17.0. The van der Waals surface area contributed by atoms with Crippen molar-refractivity contribution in [2.45, 2.75) is 6.42 Å². The number of methoxy groups -OCH3 is 2. The number of hydrogen-bond acceptors (Lipinski definition) is 5. The zero-order valence-electron chi connectivity index (χ0n) is 15.0. The zero-order valence-corrected chi connectivity index (χ0v) is 15.8. The quantitative estimate of drug-likeness (QED) is 0.668. The van der Waals surface area contributed by atoms with Crippen LogP contribution >= 0.6 is 11.3 Å². The van der Waals surface area contributed by atoms with E-state index in [0.717, 1.165) is 16.3 Å². The molecule has 1 amide bonds. The number of ether oxygens (including phenoxy) is 2. The maximum absolute atomic E-state index is 13.3. The Morgan fingerprint density at radius 3 is 2.52 bits per heavy atom. The van der Waals surface area contributed by atoms with E-state index in [1.165, 1.54) is 37.7 Å². The van der Waals surface area contributed by atoms with Crippen LogP contribution in [0.5, 0.6) is 11.5 Å². The molecule has 0 aliphatic rings. The molecule has 0 aliphatic heterocycles. The first-order valence-corrected chi connectivity index (χ1v) is 9.20. The van der Waals surface area contributed by atoms with Gasteiger partial charge in [0.25, 0.3) is 5.91 Å². The van der Waals surface area contributed by atoms with Crippen molar-refractivity contribution in [3.05, 3.63) is 64.9 Å². The molecule has 0 spiro atoms. The van der Waals surface area contributed by atoms with Crippen molar-refractivity contribution in [2.24, 2.45) is 0 Å². The number of halogens is 1. The summed E-state index contributed by atoms with van der Waals surface area (Å²) in [7, 11) is 3.02. The van der Waals surface area contributed by atoms with Crippen LogP contribution in [0.3, 0.4) is 0 Å². The van der Waals surface area contributed by atoms with Gasteiger partial charge in [-0.1, -0.05) is 18.2 Å². The van der Waals surface area contributed by atoms with Crippen molar-refractivity contribution in [3.8, 4) is 22.1 Å². The summed E-state index contributed by atoms with van der Waals surface area (Å²) >= 11 is 1.45. The van der Waals surface area contributed by atoms with E-state index in [2.05, 4.69) is 10.3 Å². The Morgan fingerprint density at radius 1 is 1.15 bits per heavy atom. The van der Waals surface area contributed by atoms with Gasteiger partial charge in [0.1, 0.15) is 27.9 Å². The fourth-order valence-corrected chi connectivity index (χ4v) is 3.49. The van der Waals surface area contributed by atoms with Crippen LogP contribution in [0.15, 0.2) is 47.8 Å². The predicted molar refractivity (Wildman–Crippen MR) is 103 cm³/mol. The standard InChI is InChI=1S/C20H19FN2O3S/c1-25-16-7-4-8-17(26-2)18(16)19(24)22-10-9-15-12-27-20(23-15)13-5-3-6-14(21)11-13/h3-8,11-12H,9-10H2,1-2H3,(H,22,24). The van der Waals surface area contributed by atoms with Crippen LogP contribution < -0.4 is 14.8 Å². The van der Waals surface area contributed by atoms with Crippen LogP contribution in [0.1, 0.15) is 16.1 Å². The lowest BCUT2D eigenvalue weighted by atomic mass is 10.1. The molecule has 5 nitrogen and oxygen atoms in total. The molecule has 3 rings (SSSR count). The van der Waals surface area contributed by atoms with Gasteiger partial charge in [-0.15, -0.1) is 11.3 Å². The largest absolute Gasteiger partial charge is 0.496 e. The number of hydrogen-bond donors (Lipinski definition) is 1. The van der Waals surface area contributed by atoms with Gasteiger partial charge < -0.3 is 14.8 Å². The second-order valence-electron chi connectivity index (χ2n) is 5.70. The Kier molecular flexibility index (Phi) is 6.03. The Labute approximate surface area is 160 Å². The van der Waals surface area contributed by atoms with Crippen molar-refractivity contribution in [1.82, 2.24) is 10.3 Å². The van der Waals surface area contributed by atoms with Crippen LogP contribution in [-0.4, -0.2) is 31.7 Å². The number of carbonyl (C=O) groups excluding carboxylic acids is 1. The van der Waals surface area contributed by atoms with Gasteiger partial charge in [-0.25, -0.2) is 9.37 Å². The molecule has 0 radical (unpaired) electrons. The molecular formula is C20H19FN2O3S. The van der Waals surface area contributed by atoms with Crippen molar-refractivity contribution >= 4 is 17.2 Å². The van der Waals surface area contributed by atoms with Crippen LogP contribution in [0.4, 0.5) is 4.39 Å². The number of carbonyl (C=O) groups is 1. The average molecular weight is 386 g/mol. The molecule has 2 aromatic carbocycles. The van der Waals surface area contributed by atoms with Gasteiger partial charge in [0, 0.05) is 23.9 Å². The summed E-state index contributed by atoms with van der Waals surface area (Å²) in [5, 5.41) is 5.53. The highest BCUT2D eigenvalue weighted by atomic mass is 32.1. The lowest BCUT2D eigenvalue weighted by Gasteiger charge is -2.12. The van der Waals surface area contributed by atoms with E-state index in [4.69, 9.17) is 9.47 Å². The monoisotopic (exact) mass is 386 g/mol. The summed E-state index contributed by atoms with van der Waals surface area (Å²) in [5.41, 5.74) is 1.95. The molecule has 0 fully saturated rings. The Bertz CT molecular complexity index is 920. The summed E-state index contributed by atoms with van der Waals surface area (Å²) in [6.07, 6.45) is 0.565. The summed E-state index contributed by atoms with van der Waals surface area (Å²) < 4.78 is 23.9. The summed E-state index contributed by atoms with van der Waals surface area (Å²) in [6.45, 7) is 0.409. The van der Waals surface area contributed by atoms with Crippen molar-refractivity contribution in [1.29, 1.82) is 0 Å². The highest BCUT2D eigenvalue weighted by Crippen LogP contribution is 2.28. The van der Waals surface area contributed by atoms with Gasteiger partial charge in [0.2, 0.25) is 0 Å². The number of thiazole rings is 1. The Balaban J connectivity index is 1.63. The summed E-state index contributed by atoms with van der Waals surface area (Å²) in [6, 6.07) is 11.5. The Morgan fingerprint density at radius 2 is 1.85 bits per heavy atom. The number of nitrogens with one attached hydrogen (secondary N) is 1. The van der Waals surface area contributed by atoms with E-state index in [0.29, 0.717) is 30.0 Å². The zero-order chi connectivity index (χ0) is 19.2. The van der Waals surface area contributed by atoms with Gasteiger partial charge in [0.05, 0.1) is 19.9 Å². The molecular weight excluding hydrogens is 367 g/mol. The van der Waals surface area contributed by atoms with E-state index >= 15 is 0 Å². The van der Waals surface area contributed by atoms with Crippen LogP contribution in [-0.2, 0) is 6.42 Å². The van der Waals surface area contributed by atoms with Gasteiger partial charge in [0.15, 0.2) is 0 Å². The van der Waals surface area contributed by atoms with E-state index in [1.807, 2.05) is 11.4 Å². The van der Waals surface area contributed by atoms with Gasteiger partial charge in [-0.3, -0.25) is 4.79 Å². The first-order chi connectivity index (χ1) is 13.1. The fourth-order valence-electron chi connectivity index (χ4n) is 2.64. The third-order valence-corrected chi connectivity index (χ3v) is 4.89. The number of amides is 1. The molecule has 0 saturated carbocycles. The van der Waals surface area contributed by atoms with Gasteiger partial charge in [-0.2, -0.15) is 0 Å². The average Bonchev–Trinajstić information content (AvgIpc) is 3.16. The number of benzene rings is 2. The molecule has 3 aromatic rings. The number of aromatic nitrogens is 1. The SMILES string of the molecule is COc1cccc(OC)c1C(=O)NCCc1csc(-c2cccc(F)c2)n1. The number of nitrogens with zero attached hydrogens (tertiary/aromatic N) is 1. The highest BCUT2D eigenvalue weighted by Gasteiger charge is 2.17. The minimum atomic E-state index is -0.290. The highest BCUT2D eigenvalue weighted by molar-refractivity contribution is 7.13. The molecule has 1 aromatic heterocycles. The molecule has 0 atom stereocenters. The van der Waals surface area contributed by atoms with Crippen molar-refractivity contribution < 1.29 is 18.7 Å². The van der Waals surface area contributed by atoms with Gasteiger partial charge >= 0.3 is 0 Å². The van der Waals surface area contributed by atoms with Crippen LogP contribution in [0.2, 0.25) is 0 Å². The molecule has 0 bridgehead atoms. The third kappa shape index (κ3) is 4.43. The van der Waals surface area contributed by atoms with Crippen LogP contribution in [0.25, 0.3) is 10.6 Å². The minimum absolute atomic E-state index is 0.273. The smallest absolute Gasteiger partial charge is 0.258 e. The van der Waals surface area contributed by atoms with E-state index in [-0.39, 0.29) is 11.7 Å². The maximum Gasteiger partial charge on any atom is 0.258 e. The molecule has 140 valence electrons. The lowest BCUT2D eigenvalue weighted by molar-refractivity contribution is 0.0948. The molecule has 1 heterocycles. The third-order valence-electron chi connectivity index (χ3n) is 3.94. The Hall–Kier alpha value is -2.93. The van der Waals surface area contributed by atoms with Crippen molar-refractivity contribution in [2.75, 3.05) is 20.8 Å². The topological polar surface area (TPSA) is 60.5 Å². The van der Waals surface area contributed by atoms with Gasteiger partial charge in [-0.05, 0) is 24.3 Å². The fraction of sp³-hybridized carbons (Fsp3) is 0.200. The molecule has 0 aliphatic carbocycles. The molecule has 7 heteroatoms. The number of rotatable bonds is 7. The second-order valence-corrected chi connectivity index (χ2v) is 6.56. The summed E-state index contributed by atoms with van der Waals surface area (Å²) in [5.74, 6) is 0.343. The first-order valence-electron chi connectivity index (χ1n) is 8.32. The molecule has 0 unspecified atom stereocenters. The van der Waals surface area contributed by atoms with E-state index in [9.17, 15) is 9.18 Å².